The number of rotatable bonds is 66. The Balaban J connectivity index is 5.25. The first-order chi connectivity index (χ1) is 41.4. The van der Waals surface area contributed by atoms with Gasteiger partial charge in [-0.15, -0.1) is 0 Å². The molecule has 3 N–H and O–H groups in total. The van der Waals surface area contributed by atoms with Crippen LogP contribution in [0.5, 0.6) is 0 Å². The van der Waals surface area contributed by atoms with Gasteiger partial charge < -0.3 is 33.8 Å². The summed E-state index contributed by atoms with van der Waals surface area (Å²) in [5, 5.41) is 10.6. The van der Waals surface area contributed by atoms with Gasteiger partial charge in [0.2, 0.25) is 0 Å². The predicted molar refractivity (Wildman–Crippen MR) is 345 cm³/mol. The van der Waals surface area contributed by atoms with Crippen LogP contribution in [0.1, 0.15) is 337 Å². The molecule has 510 valence electrons. The average Bonchev–Trinajstić information content (AvgIpc) is 3.69. The van der Waals surface area contributed by atoms with Crippen LogP contribution in [0.4, 0.5) is 0 Å². The lowest BCUT2D eigenvalue weighted by molar-refractivity contribution is -0.161. The average molecular weight is 1270 g/mol. The van der Waals surface area contributed by atoms with E-state index < -0.39 is 97.5 Å². The Hall–Kier alpha value is -1.94. The van der Waals surface area contributed by atoms with Gasteiger partial charge >= 0.3 is 39.5 Å². The minimum Gasteiger partial charge on any atom is -0.462 e. The van der Waals surface area contributed by atoms with Gasteiger partial charge in [-0.1, -0.05) is 286 Å². The summed E-state index contributed by atoms with van der Waals surface area (Å²) < 4.78 is 68.1. The second kappa shape index (κ2) is 59.4. The zero-order chi connectivity index (χ0) is 63.6. The van der Waals surface area contributed by atoms with Crippen molar-refractivity contribution in [3.05, 3.63) is 0 Å². The molecule has 0 saturated carbocycles. The highest BCUT2D eigenvalue weighted by Gasteiger charge is 2.30. The van der Waals surface area contributed by atoms with Gasteiger partial charge in [0.15, 0.2) is 12.2 Å². The van der Waals surface area contributed by atoms with Crippen LogP contribution < -0.4 is 0 Å². The van der Waals surface area contributed by atoms with Crippen LogP contribution in [0.3, 0.4) is 0 Å². The first-order valence-electron chi connectivity index (χ1n) is 35.0. The smallest absolute Gasteiger partial charge is 0.462 e. The van der Waals surface area contributed by atoms with E-state index in [9.17, 15) is 43.2 Å². The van der Waals surface area contributed by atoms with E-state index in [4.69, 9.17) is 37.0 Å². The minimum absolute atomic E-state index is 0.106. The van der Waals surface area contributed by atoms with Crippen molar-refractivity contribution >= 4 is 39.5 Å². The molecule has 0 spiro atoms. The summed E-state index contributed by atoms with van der Waals surface area (Å²) in [4.78, 5) is 72.4. The molecule has 0 aliphatic heterocycles. The molecular formula is C67H130O17P2. The lowest BCUT2D eigenvalue weighted by Gasteiger charge is -2.21. The fraction of sp³-hybridized carbons (Fsp3) is 0.940. The molecule has 17 nitrogen and oxygen atoms in total. The van der Waals surface area contributed by atoms with Gasteiger partial charge in [-0.3, -0.25) is 37.3 Å². The van der Waals surface area contributed by atoms with Gasteiger partial charge in [-0.2, -0.15) is 0 Å². The Bertz CT molecular complexity index is 1690. The van der Waals surface area contributed by atoms with Gasteiger partial charge in [0.25, 0.3) is 0 Å². The van der Waals surface area contributed by atoms with Crippen molar-refractivity contribution in [2.45, 2.75) is 355 Å². The molecule has 0 aromatic carbocycles. The standard InChI is InChI=1S/C67H130O17P2/c1-7-10-12-14-16-18-21-26-30-37-43-49-64(69)77-55-62(83-67(72)52-46-40-32-28-24-20-23-25-29-35-41-47-59(4)5)57-81-85(73,74)79-53-61(68)54-80-86(75,76)82-58-63(56-78-65(70)50-44-38-34-33-36-42-48-60(6)9-3)84-66(71)51-45-39-31-27-22-19-17-15-13-11-8-2/h59-63,68H,7-58H2,1-6H3,(H,73,74)(H,75,76)/t60?,61-,62-,63-/m1/s1. The molecule has 0 heterocycles. The van der Waals surface area contributed by atoms with E-state index in [1.165, 1.54) is 148 Å². The zero-order valence-electron chi connectivity index (χ0n) is 55.6. The van der Waals surface area contributed by atoms with Crippen LogP contribution >= 0.6 is 15.6 Å². The quantitative estimate of drug-likeness (QED) is 0.0222. The molecule has 0 aromatic rings. The van der Waals surface area contributed by atoms with Crippen LogP contribution in [0, 0.1) is 11.8 Å². The third kappa shape index (κ3) is 59.7. The number of carbonyl (C=O) groups is 4. The minimum atomic E-state index is -4.95. The van der Waals surface area contributed by atoms with Gasteiger partial charge in [0, 0.05) is 25.7 Å². The summed E-state index contributed by atoms with van der Waals surface area (Å²) in [6.07, 6.45) is 42.9. The van der Waals surface area contributed by atoms with Gasteiger partial charge in [-0.05, 0) is 37.5 Å². The highest BCUT2D eigenvalue weighted by atomic mass is 31.2. The summed E-state index contributed by atoms with van der Waals surface area (Å²) >= 11 is 0. The van der Waals surface area contributed by atoms with Crippen molar-refractivity contribution in [2.75, 3.05) is 39.6 Å². The molecule has 0 fully saturated rings. The maximum atomic E-state index is 13.0. The number of unbranched alkanes of at least 4 members (excludes halogenated alkanes) is 35. The Morgan fingerprint density at radius 1 is 0.337 bits per heavy atom. The van der Waals surface area contributed by atoms with E-state index in [2.05, 4.69) is 41.5 Å². The molecule has 0 saturated heterocycles. The summed E-state index contributed by atoms with van der Waals surface area (Å²) in [5.74, 6) is -0.632. The first kappa shape index (κ1) is 84.1. The Morgan fingerprint density at radius 3 is 0.884 bits per heavy atom. The molecule has 0 radical (unpaired) electrons. The number of hydrogen-bond acceptors (Lipinski definition) is 15. The number of carbonyl (C=O) groups excluding carboxylic acids is 4. The van der Waals surface area contributed by atoms with Crippen molar-refractivity contribution < 1.29 is 80.2 Å². The zero-order valence-corrected chi connectivity index (χ0v) is 57.4. The van der Waals surface area contributed by atoms with Crippen LogP contribution in [0.25, 0.3) is 0 Å². The van der Waals surface area contributed by atoms with Crippen LogP contribution in [-0.4, -0.2) is 96.7 Å². The number of hydrogen-bond donors (Lipinski definition) is 3. The van der Waals surface area contributed by atoms with E-state index in [1.54, 1.807) is 0 Å². The highest BCUT2D eigenvalue weighted by molar-refractivity contribution is 7.47. The maximum absolute atomic E-state index is 13.0. The highest BCUT2D eigenvalue weighted by Crippen LogP contribution is 2.45. The van der Waals surface area contributed by atoms with E-state index in [0.717, 1.165) is 108 Å². The van der Waals surface area contributed by atoms with Gasteiger partial charge in [0.05, 0.1) is 26.4 Å². The third-order valence-corrected chi connectivity index (χ3v) is 17.7. The molecule has 3 unspecified atom stereocenters. The number of aliphatic hydroxyl groups excluding tert-OH is 1. The van der Waals surface area contributed by atoms with E-state index in [1.807, 2.05) is 0 Å². The second-order valence-corrected chi connectivity index (χ2v) is 27.8. The summed E-state index contributed by atoms with van der Waals surface area (Å²) in [6, 6.07) is 0. The lowest BCUT2D eigenvalue weighted by atomic mass is 10.00. The van der Waals surface area contributed by atoms with Gasteiger partial charge in [-0.25, -0.2) is 9.13 Å². The topological polar surface area (TPSA) is 237 Å². The Morgan fingerprint density at radius 2 is 0.593 bits per heavy atom. The van der Waals surface area contributed by atoms with E-state index in [0.29, 0.717) is 25.7 Å². The molecule has 0 aliphatic carbocycles. The number of phosphoric acid groups is 2. The molecule has 0 bridgehead atoms. The van der Waals surface area contributed by atoms with E-state index in [-0.39, 0.29) is 25.7 Å². The molecular weight excluding hydrogens is 1140 g/mol. The largest absolute Gasteiger partial charge is 0.472 e. The molecule has 6 atom stereocenters. The molecule has 86 heavy (non-hydrogen) atoms. The third-order valence-electron chi connectivity index (χ3n) is 15.8. The lowest BCUT2D eigenvalue weighted by Crippen LogP contribution is -2.30. The van der Waals surface area contributed by atoms with Crippen LogP contribution in [-0.2, 0) is 65.4 Å². The van der Waals surface area contributed by atoms with Crippen molar-refractivity contribution in [2.24, 2.45) is 11.8 Å². The second-order valence-electron chi connectivity index (χ2n) is 24.9. The molecule has 19 heteroatoms. The predicted octanol–water partition coefficient (Wildman–Crippen LogP) is 18.8. The summed E-state index contributed by atoms with van der Waals surface area (Å²) in [5.41, 5.74) is 0. The Labute approximate surface area is 524 Å². The summed E-state index contributed by atoms with van der Waals surface area (Å²) in [6.45, 7) is 9.48. The number of esters is 4. The van der Waals surface area contributed by atoms with Gasteiger partial charge in [0.1, 0.15) is 19.3 Å². The number of aliphatic hydroxyl groups is 1. The first-order valence-corrected chi connectivity index (χ1v) is 38.0. The number of ether oxygens (including phenoxy) is 4. The number of phosphoric ester groups is 2. The van der Waals surface area contributed by atoms with E-state index >= 15 is 0 Å². The normalized spacial score (nSPS) is 14.5. The molecule has 0 rings (SSSR count). The molecule has 0 aliphatic rings. The van der Waals surface area contributed by atoms with Crippen LogP contribution in [0.2, 0.25) is 0 Å². The Kier molecular flexibility index (Phi) is 58.0. The monoisotopic (exact) mass is 1270 g/mol. The van der Waals surface area contributed by atoms with Crippen molar-refractivity contribution in [3.63, 3.8) is 0 Å². The van der Waals surface area contributed by atoms with Crippen molar-refractivity contribution in [1.29, 1.82) is 0 Å². The van der Waals surface area contributed by atoms with Crippen LogP contribution in [0.15, 0.2) is 0 Å². The van der Waals surface area contributed by atoms with Crippen molar-refractivity contribution in [3.8, 4) is 0 Å². The molecule has 0 amide bonds. The SMILES string of the molecule is CCCCCCCCCCCCCC(=O)OC[C@H](COP(=O)(O)OC[C@@H](O)COP(=O)(O)OC[C@@H](COC(=O)CCCCCCCCC(C)CC)OC(=O)CCCCCCCCCCCCC)OC(=O)CCCCCCCCCCCCCC(C)C. The molecule has 0 aromatic heterocycles. The fourth-order valence-corrected chi connectivity index (χ4v) is 11.6. The fourth-order valence-electron chi connectivity index (χ4n) is 10.0. The van der Waals surface area contributed by atoms with Crippen molar-refractivity contribution in [1.82, 2.24) is 0 Å². The summed E-state index contributed by atoms with van der Waals surface area (Å²) in [7, 11) is -9.89. The maximum Gasteiger partial charge on any atom is 0.472 e.